The van der Waals surface area contributed by atoms with E-state index in [0.29, 0.717) is 11.4 Å². The van der Waals surface area contributed by atoms with E-state index in [4.69, 9.17) is 9.88 Å². The highest BCUT2D eigenvalue weighted by molar-refractivity contribution is 7.89. The van der Waals surface area contributed by atoms with Crippen molar-refractivity contribution in [2.45, 2.75) is 11.8 Å². The molecule has 1 aromatic heterocycles. The lowest BCUT2D eigenvalue weighted by Gasteiger charge is -2.09. The number of hydrogen-bond donors (Lipinski definition) is 3. The van der Waals surface area contributed by atoms with Crippen LogP contribution in [0.2, 0.25) is 0 Å². The van der Waals surface area contributed by atoms with Gasteiger partial charge >= 0.3 is 5.97 Å². The highest BCUT2D eigenvalue weighted by Gasteiger charge is 2.33. The molecule has 2 heterocycles. The van der Waals surface area contributed by atoms with Crippen LogP contribution < -0.4 is 10.5 Å². The molecule has 0 unspecified atom stereocenters. The molecule has 1 aliphatic heterocycles. The maximum atomic E-state index is 12.5. The number of nitrogens with two attached hydrogens (primary N) is 1. The predicted octanol–water partition coefficient (Wildman–Crippen LogP) is 1.09. The van der Waals surface area contributed by atoms with Crippen LogP contribution in [0.15, 0.2) is 41.4 Å². The van der Waals surface area contributed by atoms with E-state index in [1.165, 1.54) is 18.2 Å². The van der Waals surface area contributed by atoms with Crippen LogP contribution >= 0.6 is 0 Å². The Bertz CT molecular complexity index is 991. The molecule has 0 spiro atoms. The number of hydrogen-bond acceptors (Lipinski definition) is 5. The van der Waals surface area contributed by atoms with Gasteiger partial charge in [-0.15, -0.1) is 0 Å². The molecule has 1 amide bonds. The van der Waals surface area contributed by atoms with E-state index in [0.717, 1.165) is 0 Å². The van der Waals surface area contributed by atoms with Gasteiger partial charge in [0.15, 0.2) is 0 Å². The first-order valence-electron chi connectivity index (χ1n) is 7.36. The Morgan fingerprint density at radius 1 is 1.28 bits per heavy atom. The molecule has 3 rings (SSSR count). The smallest absolute Gasteiger partial charge is 0.341 e. The second-order valence-electron chi connectivity index (χ2n) is 5.26. The van der Waals surface area contributed by atoms with Gasteiger partial charge in [-0.05, 0) is 37.3 Å². The number of anilines is 1. The zero-order valence-electron chi connectivity index (χ0n) is 13.2. The van der Waals surface area contributed by atoms with Crippen molar-refractivity contribution in [3.05, 3.63) is 47.8 Å². The quantitative estimate of drug-likeness (QED) is 0.554. The number of fused-ring (bicyclic) bond motifs is 1. The zero-order valence-corrected chi connectivity index (χ0v) is 14.0. The first-order chi connectivity index (χ1) is 11.8. The number of ether oxygens (including phenoxy) is 1. The number of aromatic nitrogens is 1. The lowest BCUT2D eigenvalue weighted by atomic mass is 9.99. The molecular formula is C16H15N3O5S. The van der Waals surface area contributed by atoms with E-state index < -0.39 is 21.9 Å². The summed E-state index contributed by atoms with van der Waals surface area (Å²) in [4.78, 5) is 27.6. The van der Waals surface area contributed by atoms with Crippen LogP contribution in [0.4, 0.5) is 5.69 Å². The molecule has 2 aromatic rings. The van der Waals surface area contributed by atoms with Crippen molar-refractivity contribution in [2.75, 3.05) is 11.9 Å². The standard InChI is InChI=1S/C16H15N3O5S/c1-2-24-16(21)14(12-4-3-7-18-12)13-10-8-9(25(17,22)23)5-6-11(10)19-15(13)20/h3-8,18H,2H2,1H3,(H,19,20)(H2,17,22,23)/b14-13+. The van der Waals surface area contributed by atoms with Gasteiger partial charge < -0.3 is 15.0 Å². The van der Waals surface area contributed by atoms with Crippen molar-refractivity contribution in [2.24, 2.45) is 5.14 Å². The molecule has 0 fully saturated rings. The molecule has 8 nitrogen and oxygen atoms in total. The number of H-pyrrole nitrogens is 1. The van der Waals surface area contributed by atoms with Crippen LogP contribution in [0, 0.1) is 0 Å². The Morgan fingerprint density at radius 3 is 2.64 bits per heavy atom. The van der Waals surface area contributed by atoms with Crippen LogP contribution in [0.25, 0.3) is 11.1 Å². The Hall–Kier alpha value is -2.91. The topological polar surface area (TPSA) is 131 Å². The van der Waals surface area contributed by atoms with Gasteiger partial charge in [0.1, 0.15) is 0 Å². The fourth-order valence-corrected chi connectivity index (χ4v) is 3.15. The van der Waals surface area contributed by atoms with E-state index in [1.807, 2.05) is 0 Å². The third-order valence-corrected chi connectivity index (χ3v) is 4.57. The fourth-order valence-electron chi connectivity index (χ4n) is 2.61. The molecular weight excluding hydrogens is 346 g/mol. The first-order valence-corrected chi connectivity index (χ1v) is 8.91. The molecule has 0 saturated heterocycles. The number of carbonyl (C=O) groups is 2. The lowest BCUT2D eigenvalue weighted by molar-refractivity contribution is -0.136. The highest BCUT2D eigenvalue weighted by atomic mass is 32.2. The second kappa shape index (κ2) is 6.19. The first kappa shape index (κ1) is 16.9. The molecule has 0 saturated carbocycles. The normalized spacial score (nSPS) is 15.5. The minimum absolute atomic E-state index is 0.0228. The molecule has 4 N–H and O–H groups in total. The lowest BCUT2D eigenvalue weighted by Crippen LogP contribution is -2.14. The average Bonchev–Trinajstić information content (AvgIpc) is 3.15. The van der Waals surface area contributed by atoms with Gasteiger partial charge in [0.05, 0.1) is 28.3 Å². The average molecular weight is 361 g/mol. The van der Waals surface area contributed by atoms with Gasteiger partial charge in [-0.2, -0.15) is 0 Å². The van der Waals surface area contributed by atoms with E-state index in [2.05, 4.69) is 10.3 Å². The van der Waals surface area contributed by atoms with Gasteiger partial charge in [-0.1, -0.05) is 0 Å². The summed E-state index contributed by atoms with van der Waals surface area (Å²) in [5.41, 5.74) is 1.10. The SMILES string of the molecule is CCOC(=O)/C(=C1/C(=O)Nc2ccc(S(N)(=O)=O)cc21)c1ccc[nH]1. The Kier molecular flexibility index (Phi) is 4.19. The largest absolute Gasteiger partial charge is 0.462 e. The minimum atomic E-state index is -3.96. The van der Waals surface area contributed by atoms with E-state index in [1.54, 1.807) is 25.3 Å². The summed E-state index contributed by atoms with van der Waals surface area (Å²) in [6, 6.07) is 7.27. The summed E-state index contributed by atoms with van der Waals surface area (Å²) in [5, 5.41) is 7.77. The van der Waals surface area contributed by atoms with Crippen molar-refractivity contribution in [3.8, 4) is 0 Å². The maximum Gasteiger partial charge on any atom is 0.341 e. The van der Waals surface area contributed by atoms with Crippen LogP contribution in [0.3, 0.4) is 0 Å². The Morgan fingerprint density at radius 2 is 2.04 bits per heavy atom. The third-order valence-electron chi connectivity index (χ3n) is 3.66. The summed E-state index contributed by atoms with van der Waals surface area (Å²) in [5.74, 6) is -1.22. The van der Waals surface area contributed by atoms with Gasteiger partial charge in [0, 0.05) is 17.4 Å². The highest BCUT2D eigenvalue weighted by Crippen LogP contribution is 2.38. The molecule has 0 radical (unpaired) electrons. The second-order valence-corrected chi connectivity index (χ2v) is 6.82. The third kappa shape index (κ3) is 3.06. The Balaban J connectivity index is 2.29. The van der Waals surface area contributed by atoms with Crippen LogP contribution in [-0.4, -0.2) is 31.9 Å². The van der Waals surface area contributed by atoms with Crippen LogP contribution in [0.5, 0.6) is 0 Å². The summed E-state index contributed by atoms with van der Waals surface area (Å²) in [6.45, 7) is 1.78. The number of amides is 1. The molecule has 9 heteroatoms. The van der Waals surface area contributed by atoms with Crippen molar-refractivity contribution in [3.63, 3.8) is 0 Å². The van der Waals surface area contributed by atoms with Gasteiger partial charge in [0.2, 0.25) is 10.0 Å². The predicted molar refractivity (Wildman–Crippen MR) is 90.7 cm³/mol. The summed E-state index contributed by atoms with van der Waals surface area (Å²) >= 11 is 0. The summed E-state index contributed by atoms with van der Waals surface area (Å²) < 4.78 is 28.3. The molecule has 1 aromatic carbocycles. The van der Waals surface area contributed by atoms with E-state index in [-0.39, 0.29) is 28.2 Å². The summed E-state index contributed by atoms with van der Waals surface area (Å²) in [6.07, 6.45) is 1.60. The number of benzene rings is 1. The number of esters is 1. The number of carbonyl (C=O) groups excluding carboxylic acids is 2. The monoisotopic (exact) mass is 361 g/mol. The van der Waals surface area contributed by atoms with Crippen molar-refractivity contribution >= 4 is 38.7 Å². The Labute approximate surface area is 143 Å². The number of rotatable bonds is 4. The fraction of sp³-hybridized carbons (Fsp3) is 0.125. The van der Waals surface area contributed by atoms with E-state index >= 15 is 0 Å². The van der Waals surface area contributed by atoms with Crippen molar-refractivity contribution < 1.29 is 22.7 Å². The number of aromatic amines is 1. The van der Waals surface area contributed by atoms with E-state index in [9.17, 15) is 18.0 Å². The van der Waals surface area contributed by atoms with Gasteiger partial charge in [-0.25, -0.2) is 18.4 Å². The molecule has 0 atom stereocenters. The number of sulfonamides is 1. The summed E-state index contributed by atoms with van der Waals surface area (Å²) in [7, 11) is -3.96. The van der Waals surface area contributed by atoms with Crippen molar-refractivity contribution in [1.82, 2.24) is 4.98 Å². The number of nitrogens with one attached hydrogen (secondary N) is 2. The maximum absolute atomic E-state index is 12.5. The molecule has 1 aliphatic rings. The molecule has 25 heavy (non-hydrogen) atoms. The van der Waals surface area contributed by atoms with Crippen LogP contribution in [0.1, 0.15) is 18.2 Å². The van der Waals surface area contributed by atoms with Gasteiger partial charge in [0.25, 0.3) is 5.91 Å². The molecule has 0 aliphatic carbocycles. The molecule has 0 bridgehead atoms. The van der Waals surface area contributed by atoms with Crippen molar-refractivity contribution in [1.29, 1.82) is 0 Å². The minimum Gasteiger partial charge on any atom is -0.462 e. The van der Waals surface area contributed by atoms with Crippen LogP contribution in [-0.2, 0) is 24.3 Å². The number of primary sulfonamides is 1. The molecule has 130 valence electrons. The zero-order chi connectivity index (χ0) is 18.2. The van der Waals surface area contributed by atoms with Gasteiger partial charge in [-0.3, -0.25) is 4.79 Å².